The molecule has 0 spiro atoms. The number of aryl methyl sites for hydroxylation is 1. The van der Waals surface area contributed by atoms with Gasteiger partial charge < -0.3 is 15.0 Å². The molecule has 28 heavy (non-hydrogen) atoms. The molecule has 0 unspecified atom stereocenters. The molecular formula is C21H27FN4O2. The van der Waals surface area contributed by atoms with E-state index in [0.29, 0.717) is 17.8 Å². The zero-order valence-corrected chi connectivity index (χ0v) is 16.8. The smallest absolute Gasteiger partial charge is 0.241 e. The van der Waals surface area contributed by atoms with Gasteiger partial charge in [-0.1, -0.05) is 6.07 Å². The molecule has 1 N–H and O–H groups in total. The van der Waals surface area contributed by atoms with Crippen molar-refractivity contribution < 1.29 is 13.9 Å². The molecular weight excluding hydrogens is 359 g/mol. The lowest BCUT2D eigenvalue weighted by Crippen LogP contribution is -2.41. The first-order valence-corrected chi connectivity index (χ1v) is 9.45. The molecule has 1 aliphatic heterocycles. The summed E-state index contributed by atoms with van der Waals surface area (Å²) in [5, 5.41) is 2.80. The Balaban J connectivity index is 1.58. The number of anilines is 2. The van der Waals surface area contributed by atoms with E-state index >= 15 is 0 Å². The van der Waals surface area contributed by atoms with E-state index in [2.05, 4.69) is 15.2 Å². The van der Waals surface area contributed by atoms with Crippen molar-refractivity contribution in [1.82, 2.24) is 9.88 Å². The van der Waals surface area contributed by atoms with Gasteiger partial charge in [0.15, 0.2) is 11.6 Å². The second-order valence-electron chi connectivity index (χ2n) is 7.37. The summed E-state index contributed by atoms with van der Waals surface area (Å²) in [6, 6.07) is 8.15. The lowest BCUT2D eigenvalue weighted by Gasteiger charge is -2.24. The number of benzene rings is 1. The number of nitrogens with one attached hydrogen (secondary N) is 1. The Bertz CT molecular complexity index is 843. The summed E-state index contributed by atoms with van der Waals surface area (Å²) >= 11 is 0. The maximum Gasteiger partial charge on any atom is 0.241 e. The summed E-state index contributed by atoms with van der Waals surface area (Å²) in [6.07, 6.45) is 2.57. The molecule has 7 heteroatoms. The number of amides is 1. The minimum atomic E-state index is -0.333. The molecule has 0 radical (unpaired) electrons. The highest BCUT2D eigenvalue weighted by Gasteiger charge is 2.31. The highest BCUT2D eigenvalue weighted by molar-refractivity contribution is 5.94. The molecule has 1 aromatic heterocycles. The number of hydrogen-bond donors (Lipinski definition) is 1. The molecule has 0 aliphatic carbocycles. The standard InChI is InChI=1S/C21H27FN4O2/c1-14-7-8-16(12-18(14)22)24-21(27)15(2)26-11-9-17(13-26)28-19-6-5-10-23-20(19)25(3)4/h5-8,10,12,15,17H,9,11,13H2,1-4H3,(H,24,27)/t15-,17+/m0/s1. The van der Waals surface area contributed by atoms with Gasteiger partial charge in [-0.15, -0.1) is 0 Å². The first-order valence-electron chi connectivity index (χ1n) is 9.45. The van der Waals surface area contributed by atoms with Crippen LogP contribution in [0.2, 0.25) is 0 Å². The van der Waals surface area contributed by atoms with Crippen molar-refractivity contribution in [1.29, 1.82) is 0 Å². The molecule has 1 aromatic carbocycles. The molecule has 1 amide bonds. The van der Waals surface area contributed by atoms with Gasteiger partial charge in [-0.05, 0) is 50.1 Å². The van der Waals surface area contributed by atoms with E-state index in [-0.39, 0.29) is 23.9 Å². The van der Waals surface area contributed by atoms with Gasteiger partial charge in [0.1, 0.15) is 11.9 Å². The highest BCUT2D eigenvalue weighted by Crippen LogP contribution is 2.27. The third kappa shape index (κ3) is 4.59. The lowest BCUT2D eigenvalue weighted by molar-refractivity contribution is -0.120. The number of carbonyl (C=O) groups excluding carboxylic acids is 1. The monoisotopic (exact) mass is 386 g/mol. The number of pyridine rings is 1. The van der Waals surface area contributed by atoms with Crippen molar-refractivity contribution in [2.24, 2.45) is 0 Å². The maximum absolute atomic E-state index is 13.7. The van der Waals surface area contributed by atoms with Crippen LogP contribution in [0.1, 0.15) is 18.9 Å². The second-order valence-corrected chi connectivity index (χ2v) is 7.37. The predicted molar refractivity (Wildman–Crippen MR) is 108 cm³/mol. The number of halogens is 1. The number of nitrogens with zero attached hydrogens (tertiary/aromatic N) is 3. The number of rotatable bonds is 6. The minimum Gasteiger partial charge on any atom is -0.485 e. The zero-order chi connectivity index (χ0) is 20.3. The summed E-state index contributed by atoms with van der Waals surface area (Å²) in [7, 11) is 3.85. The Morgan fingerprint density at radius 2 is 2.18 bits per heavy atom. The fourth-order valence-corrected chi connectivity index (χ4v) is 3.27. The summed E-state index contributed by atoms with van der Waals surface area (Å²) in [6.45, 7) is 4.97. The third-order valence-corrected chi connectivity index (χ3v) is 5.01. The molecule has 2 heterocycles. The molecule has 6 nitrogen and oxygen atoms in total. The number of carbonyl (C=O) groups is 1. The van der Waals surface area contributed by atoms with Crippen molar-refractivity contribution in [2.75, 3.05) is 37.4 Å². The Morgan fingerprint density at radius 3 is 2.89 bits per heavy atom. The Labute approximate surface area is 165 Å². The van der Waals surface area contributed by atoms with E-state index < -0.39 is 0 Å². The van der Waals surface area contributed by atoms with Gasteiger partial charge in [0.05, 0.1) is 6.04 Å². The lowest BCUT2D eigenvalue weighted by atomic mass is 10.2. The molecule has 1 saturated heterocycles. The van der Waals surface area contributed by atoms with Crippen molar-refractivity contribution >= 4 is 17.4 Å². The van der Waals surface area contributed by atoms with Gasteiger partial charge in [0.2, 0.25) is 5.91 Å². The Kier molecular flexibility index (Phi) is 6.14. The fraction of sp³-hybridized carbons (Fsp3) is 0.429. The molecule has 3 rings (SSSR count). The van der Waals surface area contributed by atoms with E-state index in [1.54, 1.807) is 25.3 Å². The van der Waals surface area contributed by atoms with Gasteiger partial charge >= 0.3 is 0 Å². The van der Waals surface area contributed by atoms with E-state index in [9.17, 15) is 9.18 Å². The van der Waals surface area contributed by atoms with Gasteiger partial charge in [0.25, 0.3) is 0 Å². The third-order valence-electron chi connectivity index (χ3n) is 5.01. The fourth-order valence-electron chi connectivity index (χ4n) is 3.27. The normalized spacial score (nSPS) is 18.0. The predicted octanol–water partition coefficient (Wildman–Crippen LogP) is 3.08. The van der Waals surface area contributed by atoms with Crippen LogP contribution in [-0.2, 0) is 4.79 Å². The van der Waals surface area contributed by atoms with Crippen LogP contribution in [-0.4, -0.2) is 55.1 Å². The molecule has 150 valence electrons. The van der Waals surface area contributed by atoms with Crippen LogP contribution in [0.15, 0.2) is 36.5 Å². The second kappa shape index (κ2) is 8.56. The van der Waals surface area contributed by atoms with E-state index in [4.69, 9.17) is 4.74 Å². The molecule has 1 aliphatic rings. The first kappa shape index (κ1) is 20.1. The van der Waals surface area contributed by atoms with Gasteiger partial charge in [-0.25, -0.2) is 9.37 Å². The van der Waals surface area contributed by atoms with E-state index in [0.717, 1.165) is 24.5 Å². The number of aromatic nitrogens is 1. The maximum atomic E-state index is 13.7. The molecule has 2 atom stereocenters. The van der Waals surface area contributed by atoms with Crippen molar-refractivity contribution in [3.05, 3.63) is 47.9 Å². The average molecular weight is 386 g/mol. The van der Waals surface area contributed by atoms with E-state index in [1.165, 1.54) is 6.07 Å². The molecule has 1 fully saturated rings. The topological polar surface area (TPSA) is 57.7 Å². The van der Waals surface area contributed by atoms with Crippen LogP contribution in [0.4, 0.5) is 15.9 Å². The highest BCUT2D eigenvalue weighted by atomic mass is 19.1. The van der Waals surface area contributed by atoms with Gasteiger partial charge in [-0.3, -0.25) is 9.69 Å². The summed E-state index contributed by atoms with van der Waals surface area (Å²) < 4.78 is 19.8. The first-order chi connectivity index (χ1) is 13.3. The molecule has 0 bridgehead atoms. The van der Waals surface area contributed by atoms with Crippen LogP contribution >= 0.6 is 0 Å². The van der Waals surface area contributed by atoms with Crippen LogP contribution in [0.25, 0.3) is 0 Å². The SMILES string of the molecule is Cc1ccc(NC(=O)[C@H](C)N2CC[C@@H](Oc3cccnc3N(C)C)C2)cc1F. The zero-order valence-electron chi connectivity index (χ0n) is 16.8. The van der Waals surface area contributed by atoms with Crippen LogP contribution < -0.4 is 15.0 Å². The van der Waals surface area contributed by atoms with Crippen LogP contribution in [0.3, 0.4) is 0 Å². The summed E-state index contributed by atoms with van der Waals surface area (Å²) in [5.41, 5.74) is 1.02. The largest absolute Gasteiger partial charge is 0.485 e. The Hall–Kier alpha value is -2.67. The van der Waals surface area contributed by atoms with Crippen molar-refractivity contribution in [3.8, 4) is 5.75 Å². The van der Waals surface area contributed by atoms with Gasteiger partial charge in [-0.2, -0.15) is 0 Å². The quantitative estimate of drug-likeness (QED) is 0.827. The summed E-state index contributed by atoms with van der Waals surface area (Å²) in [5.74, 6) is 1.05. The van der Waals surface area contributed by atoms with Crippen LogP contribution in [0, 0.1) is 12.7 Å². The van der Waals surface area contributed by atoms with Crippen molar-refractivity contribution in [2.45, 2.75) is 32.4 Å². The van der Waals surface area contributed by atoms with Gasteiger partial charge in [0, 0.05) is 39.1 Å². The molecule has 0 saturated carbocycles. The minimum absolute atomic E-state index is 0.00466. The average Bonchev–Trinajstić information content (AvgIpc) is 3.12. The van der Waals surface area contributed by atoms with Crippen molar-refractivity contribution in [3.63, 3.8) is 0 Å². The molecule has 2 aromatic rings. The number of likely N-dealkylation sites (tertiary alicyclic amines) is 1. The summed E-state index contributed by atoms with van der Waals surface area (Å²) in [4.78, 5) is 20.9. The number of hydrogen-bond acceptors (Lipinski definition) is 5. The van der Waals surface area contributed by atoms with E-state index in [1.807, 2.05) is 38.1 Å². The Morgan fingerprint density at radius 1 is 1.39 bits per heavy atom. The number of ether oxygens (including phenoxy) is 1. The van der Waals surface area contributed by atoms with Crippen LogP contribution in [0.5, 0.6) is 5.75 Å².